The van der Waals surface area contributed by atoms with Gasteiger partial charge in [0.2, 0.25) is 15.0 Å². The first-order valence-corrected chi connectivity index (χ1v) is 10.9. The van der Waals surface area contributed by atoms with Crippen LogP contribution < -0.4 is 0 Å². The number of likely N-dealkylation sites (tertiary alicyclic amines) is 1. The average Bonchev–Trinajstić information content (AvgIpc) is 3.29. The molecule has 0 amide bonds. The molecule has 1 N–H and O–H groups in total. The minimum atomic E-state index is -3.55. The van der Waals surface area contributed by atoms with E-state index >= 15 is 0 Å². The lowest BCUT2D eigenvalue weighted by atomic mass is 10.2. The number of imidazole rings is 1. The van der Waals surface area contributed by atoms with Crippen molar-refractivity contribution in [3.8, 4) is 0 Å². The van der Waals surface area contributed by atoms with Crippen LogP contribution in [0.3, 0.4) is 0 Å². The van der Waals surface area contributed by atoms with Crippen LogP contribution in [0, 0.1) is 0 Å². The molecule has 1 aromatic heterocycles. The van der Waals surface area contributed by atoms with Crippen LogP contribution in [0.5, 0.6) is 0 Å². The Kier molecular flexibility index (Phi) is 6.64. The second kappa shape index (κ2) is 8.97. The maximum absolute atomic E-state index is 12.8. The first-order valence-electron chi connectivity index (χ1n) is 9.20. The highest BCUT2D eigenvalue weighted by molar-refractivity contribution is 7.91. The molecule has 8 heteroatoms. The minimum absolute atomic E-state index is 0.0816. The van der Waals surface area contributed by atoms with Gasteiger partial charge in [-0.1, -0.05) is 30.3 Å². The molecule has 1 aromatic carbocycles. The fourth-order valence-corrected chi connectivity index (χ4v) is 4.80. The van der Waals surface area contributed by atoms with Crippen LogP contribution in [-0.4, -0.2) is 66.6 Å². The molecule has 1 fully saturated rings. The van der Waals surface area contributed by atoms with Crippen molar-refractivity contribution in [2.24, 2.45) is 0 Å². The number of rotatable bonds is 9. The van der Waals surface area contributed by atoms with Crippen LogP contribution in [0.25, 0.3) is 0 Å². The zero-order valence-electron chi connectivity index (χ0n) is 15.6. The van der Waals surface area contributed by atoms with E-state index in [2.05, 4.69) is 9.88 Å². The van der Waals surface area contributed by atoms with Gasteiger partial charge in [-0.15, -0.1) is 0 Å². The van der Waals surface area contributed by atoms with E-state index in [1.165, 1.54) is 7.11 Å². The molecular weight excluding hydrogens is 366 g/mol. The van der Waals surface area contributed by atoms with Gasteiger partial charge in [-0.05, 0) is 24.9 Å². The number of hydrogen-bond donors (Lipinski definition) is 1. The monoisotopic (exact) mass is 393 g/mol. The Morgan fingerprint density at radius 3 is 2.74 bits per heavy atom. The summed E-state index contributed by atoms with van der Waals surface area (Å²) in [7, 11) is -2.06. The third-order valence-corrected chi connectivity index (χ3v) is 6.58. The molecule has 0 unspecified atom stereocenters. The van der Waals surface area contributed by atoms with Gasteiger partial charge in [-0.3, -0.25) is 4.90 Å². The van der Waals surface area contributed by atoms with E-state index in [0.29, 0.717) is 13.1 Å². The molecule has 1 saturated heterocycles. The maximum atomic E-state index is 12.8. The van der Waals surface area contributed by atoms with Gasteiger partial charge in [0.15, 0.2) is 0 Å². The highest BCUT2D eigenvalue weighted by Gasteiger charge is 2.28. The summed E-state index contributed by atoms with van der Waals surface area (Å²) in [5.41, 5.74) is 1.86. The SMILES string of the molecule is COCCS(=O)(=O)c1ncc(CN2CCC[C@H]2CO)n1Cc1ccccc1. The van der Waals surface area contributed by atoms with Crippen LogP contribution >= 0.6 is 0 Å². The molecule has 7 nitrogen and oxygen atoms in total. The van der Waals surface area contributed by atoms with Crippen molar-refractivity contribution < 1.29 is 18.3 Å². The summed E-state index contributed by atoms with van der Waals surface area (Å²) >= 11 is 0. The Labute approximate surface area is 160 Å². The first kappa shape index (κ1) is 20.0. The molecule has 3 rings (SSSR count). The molecule has 0 radical (unpaired) electrons. The number of ether oxygens (including phenoxy) is 1. The van der Waals surface area contributed by atoms with Crippen molar-refractivity contribution in [1.82, 2.24) is 14.5 Å². The lowest BCUT2D eigenvalue weighted by molar-refractivity contribution is 0.151. The van der Waals surface area contributed by atoms with Gasteiger partial charge in [0, 0.05) is 19.7 Å². The van der Waals surface area contributed by atoms with Crippen molar-refractivity contribution >= 4 is 9.84 Å². The number of nitrogens with zero attached hydrogens (tertiary/aromatic N) is 3. The van der Waals surface area contributed by atoms with Crippen LogP contribution in [-0.2, 0) is 27.7 Å². The molecule has 0 bridgehead atoms. The summed E-state index contributed by atoms with van der Waals surface area (Å²) in [5, 5.41) is 9.66. The molecule has 1 aliphatic rings. The molecule has 2 aromatic rings. The number of aliphatic hydroxyl groups is 1. The standard InChI is InChI=1S/C19H27N3O4S/c1-26-10-11-27(24,25)19-20-12-18(14-21-9-5-8-17(21)15-23)22(19)13-16-6-3-2-4-7-16/h2-4,6-7,12,17,23H,5,8-11,13-15H2,1H3/t17-/m0/s1. The van der Waals surface area contributed by atoms with Crippen molar-refractivity contribution in [2.75, 3.05) is 32.6 Å². The summed E-state index contributed by atoms with van der Waals surface area (Å²) in [5.74, 6) is -0.0995. The van der Waals surface area contributed by atoms with Gasteiger partial charge >= 0.3 is 0 Å². The molecule has 1 atom stereocenters. The van der Waals surface area contributed by atoms with Gasteiger partial charge in [-0.2, -0.15) is 0 Å². The third kappa shape index (κ3) is 4.76. The topological polar surface area (TPSA) is 84.7 Å². The van der Waals surface area contributed by atoms with E-state index in [9.17, 15) is 13.5 Å². The molecule has 0 aliphatic carbocycles. The van der Waals surface area contributed by atoms with Crippen molar-refractivity contribution in [2.45, 2.75) is 37.1 Å². The molecule has 148 valence electrons. The van der Waals surface area contributed by atoms with Crippen LogP contribution in [0.4, 0.5) is 0 Å². The summed E-state index contributed by atoms with van der Waals surface area (Å²) in [6.07, 6.45) is 3.65. The van der Waals surface area contributed by atoms with E-state index in [1.54, 1.807) is 10.8 Å². The van der Waals surface area contributed by atoms with Gasteiger partial charge in [0.25, 0.3) is 0 Å². The van der Waals surface area contributed by atoms with Gasteiger partial charge in [-0.25, -0.2) is 13.4 Å². The minimum Gasteiger partial charge on any atom is -0.395 e. The molecule has 2 heterocycles. The molecule has 27 heavy (non-hydrogen) atoms. The second-order valence-corrected chi connectivity index (χ2v) is 8.87. The van der Waals surface area contributed by atoms with E-state index in [1.807, 2.05) is 30.3 Å². The zero-order valence-corrected chi connectivity index (χ0v) is 16.4. The molecule has 0 spiro atoms. The number of methoxy groups -OCH3 is 1. The van der Waals surface area contributed by atoms with Gasteiger partial charge in [0.1, 0.15) is 0 Å². The predicted molar refractivity (Wildman–Crippen MR) is 102 cm³/mol. The quantitative estimate of drug-likeness (QED) is 0.691. The zero-order chi connectivity index (χ0) is 19.3. The number of aliphatic hydroxyl groups excluding tert-OH is 1. The fourth-order valence-electron chi connectivity index (χ4n) is 3.50. The Morgan fingerprint density at radius 2 is 2.04 bits per heavy atom. The Bertz CT molecular complexity index is 836. The van der Waals surface area contributed by atoms with Crippen molar-refractivity contribution in [3.63, 3.8) is 0 Å². The molecule has 0 saturated carbocycles. The Hall–Kier alpha value is -1.74. The number of hydrogen-bond acceptors (Lipinski definition) is 6. The summed E-state index contributed by atoms with van der Waals surface area (Å²) in [6, 6.07) is 9.88. The van der Waals surface area contributed by atoms with Crippen LogP contribution in [0.2, 0.25) is 0 Å². The van der Waals surface area contributed by atoms with Crippen LogP contribution in [0.1, 0.15) is 24.1 Å². The van der Waals surface area contributed by atoms with E-state index in [0.717, 1.165) is 30.6 Å². The first-order chi connectivity index (χ1) is 13.0. The van der Waals surface area contributed by atoms with E-state index < -0.39 is 9.84 Å². The fraction of sp³-hybridized carbons (Fsp3) is 0.526. The number of sulfone groups is 1. The second-order valence-electron chi connectivity index (χ2n) is 6.86. The Morgan fingerprint density at radius 1 is 1.26 bits per heavy atom. The van der Waals surface area contributed by atoms with E-state index in [4.69, 9.17) is 4.74 Å². The third-order valence-electron chi connectivity index (χ3n) is 4.99. The van der Waals surface area contributed by atoms with Crippen LogP contribution in [0.15, 0.2) is 41.7 Å². The highest BCUT2D eigenvalue weighted by Crippen LogP contribution is 2.22. The summed E-state index contributed by atoms with van der Waals surface area (Å²) in [4.78, 5) is 6.46. The predicted octanol–water partition coefficient (Wildman–Crippen LogP) is 1.31. The lowest BCUT2D eigenvalue weighted by Gasteiger charge is -2.23. The average molecular weight is 394 g/mol. The Balaban J connectivity index is 1.93. The van der Waals surface area contributed by atoms with Crippen molar-refractivity contribution in [3.05, 3.63) is 47.8 Å². The largest absolute Gasteiger partial charge is 0.395 e. The highest BCUT2D eigenvalue weighted by atomic mass is 32.2. The summed E-state index contributed by atoms with van der Waals surface area (Å²) < 4.78 is 32.2. The van der Waals surface area contributed by atoms with Gasteiger partial charge in [0.05, 0.1) is 37.4 Å². The van der Waals surface area contributed by atoms with Crippen molar-refractivity contribution in [1.29, 1.82) is 0 Å². The van der Waals surface area contributed by atoms with E-state index in [-0.39, 0.29) is 30.2 Å². The maximum Gasteiger partial charge on any atom is 0.228 e. The van der Waals surface area contributed by atoms with Gasteiger partial charge < -0.3 is 14.4 Å². The smallest absolute Gasteiger partial charge is 0.228 e. The molecular formula is C19H27N3O4S. The lowest BCUT2D eigenvalue weighted by Crippen LogP contribution is -2.32. The normalized spacial score (nSPS) is 18.2. The number of benzene rings is 1. The number of aromatic nitrogens is 2. The summed E-state index contributed by atoms with van der Waals surface area (Å²) in [6.45, 7) is 2.16. The molecule has 1 aliphatic heterocycles.